The third-order valence-corrected chi connectivity index (χ3v) is 3.89. The van der Waals surface area contributed by atoms with Gasteiger partial charge in [-0.1, -0.05) is 40.5 Å². The van der Waals surface area contributed by atoms with Crippen molar-refractivity contribution in [2.75, 3.05) is 13.7 Å². The molecule has 0 aromatic carbocycles. The average Bonchev–Trinajstić information content (AvgIpc) is 2.32. The van der Waals surface area contributed by atoms with Crippen molar-refractivity contribution in [2.45, 2.75) is 78.4 Å². The van der Waals surface area contributed by atoms with Gasteiger partial charge in [-0.15, -0.1) is 0 Å². The Labute approximate surface area is 109 Å². The third kappa shape index (κ3) is 5.39. The Morgan fingerprint density at radius 3 is 2.00 bits per heavy atom. The summed E-state index contributed by atoms with van der Waals surface area (Å²) in [5.74, 6) is 0.803. The zero-order chi connectivity index (χ0) is 13.3. The summed E-state index contributed by atoms with van der Waals surface area (Å²) in [6.45, 7) is 12.0. The Morgan fingerprint density at radius 2 is 1.65 bits per heavy atom. The van der Waals surface area contributed by atoms with E-state index in [0.29, 0.717) is 6.04 Å². The van der Waals surface area contributed by atoms with Crippen LogP contribution in [-0.4, -0.2) is 25.3 Å². The highest BCUT2D eigenvalue weighted by Crippen LogP contribution is 2.28. The molecule has 0 aromatic heterocycles. The molecular formula is C15H33NO. The van der Waals surface area contributed by atoms with Crippen LogP contribution < -0.4 is 5.32 Å². The molecule has 1 atom stereocenters. The fourth-order valence-corrected chi connectivity index (χ4v) is 2.74. The zero-order valence-corrected chi connectivity index (χ0v) is 12.8. The van der Waals surface area contributed by atoms with Gasteiger partial charge in [0.25, 0.3) is 0 Å². The van der Waals surface area contributed by atoms with Gasteiger partial charge in [-0.3, -0.25) is 0 Å². The number of likely N-dealkylation sites (N-methyl/N-ethyl adjacent to an activating group) is 1. The summed E-state index contributed by atoms with van der Waals surface area (Å²) in [7, 11) is 2.07. The lowest BCUT2D eigenvalue weighted by atomic mass is 9.84. The molecule has 0 aliphatic carbocycles. The Kier molecular flexibility index (Phi) is 8.89. The molecule has 0 aliphatic heterocycles. The average molecular weight is 243 g/mol. The minimum absolute atomic E-state index is 0.0283. The van der Waals surface area contributed by atoms with Gasteiger partial charge in [-0.25, -0.2) is 0 Å². The largest absolute Gasteiger partial charge is 0.374 e. The van der Waals surface area contributed by atoms with E-state index in [9.17, 15) is 0 Å². The van der Waals surface area contributed by atoms with Crippen molar-refractivity contribution < 1.29 is 4.74 Å². The first-order valence-electron chi connectivity index (χ1n) is 7.37. The zero-order valence-electron chi connectivity index (χ0n) is 12.8. The molecule has 0 rings (SSSR count). The maximum absolute atomic E-state index is 6.08. The number of hydrogen-bond acceptors (Lipinski definition) is 2. The lowest BCUT2D eigenvalue weighted by molar-refractivity contribution is -0.0727. The first-order chi connectivity index (χ1) is 8.06. The van der Waals surface area contributed by atoms with Crippen LogP contribution in [0.3, 0.4) is 0 Å². The van der Waals surface area contributed by atoms with Crippen LogP contribution in [0.2, 0.25) is 0 Å². The van der Waals surface area contributed by atoms with Crippen LogP contribution in [0.4, 0.5) is 0 Å². The monoisotopic (exact) mass is 243 g/mol. The predicted octanol–water partition coefficient (Wildman–Crippen LogP) is 4.00. The normalized spacial score (nSPS) is 14.3. The van der Waals surface area contributed by atoms with E-state index in [0.717, 1.165) is 25.4 Å². The second-order valence-electron chi connectivity index (χ2n) is 5.37. The van der Waals surface area contributed by atoms with Crippen LogP contribution in [0.25, 0.3) is 0 Å². The van der Waals surface area contributed by atoms with Crippen molar-refractivity contribution >= 4 is 0 Å². The topological polar surface area (TPSA) is 21.3 Å². The van der Waals surface area contributed by atoms with E-state index in [1.165, 1.54) is 19.3 Å². The van der Waals surface area contributed by atoms with Gasteiger partial charge in [0.1, 0.15) is 0 Å². The van der Waals surface area contributed by atoms with E-state index in [2.05, 4.69) is 47.0 Å². The number of rotatable bonds is 10. The molecule has 104 valence electrons. The van der Waals surface area contributed by atoms with Crippen molar-refractivity contribution in [2.24, 2.45) is 5.92 Å². The summed E-state index contributed by atoms with van der Waals surface area (Å²) in [5, 5.41) is 3.48. The van der Waals surface area contributed by atoms with Crippen LogP contribution >= 0.6 is 0 Å². The SMILES string of the molecule is CCOC(CC)(CC)C(CCCC(C)C)NC. The van der Waals surface area contributed by atoms with Crippen molar-refractivity contribution in [3.63, 3.8) is 0 Å². The fraction of sp³-hybridized carbons (Fsp3) is 1.00. The van der Waals surface area contributed by atoms with Gasteiger partial charge in [-0.2, -0.15) is 0 Å². The van der Waals surface area contributed by atoms with Gasteiger partial charge in [-0.05, 0) is 39.2 Å². The molecule has 0 saturated heterocycles. The first kappa shape index (κ1) is 16.9. The van der Waals surface area contributed by atoms with E-state index in [4.69, 9.17) is 4.74 Å². The second-order valence-corrected chi connectivity index (χ2v) is 5.37. The first-order valence-corrected chi connectivity index (χ1v) is 7.37. The van der Waals surface area contributed by atoms with E-state index >= 15 is 0 Å². The van der Waals surface area contributed by atoms with Crippen LogP contribution in [0.15, 0.2) is 0 Å². The van der Waals surface area contributed by atoms with Gasteiger partial charge >= 0.3 is 0 Å². The lowest BCUT2D eigenvalue weighted by Crippen LogP contribution is -2.51. The highest BCUT2D eigenvalue weighted by Gasteiger charge is 2.34. The van der Waals surface area contributed by atoms with Crippen molar-refractivity contribution in [3.05, 3.63) is 0 Å². The Balaban J connectivity index is 4.44. The van der Waals surface area contributed by atoms with Crippen LogP contribution in [0.5, 0.6) is 0 Å². The summed E-state index contributed by atoms with van der Waals surface area (Å²) in [5.41, 5.74) is 0.0283. The Hall–Kier alpha value is -0.0800. The quantitative estimate of drug-likeness (QED) is 0.626. The molecule has 0 aromatic rings. The highest BCUT2D eigenvalue weighted by molar-refractivity contribution is 4.90. The fourth-order valence-electron chi connectivity index (χ4n) is 2.74. The van der Waals surface area contributed by atoms with Crippen molar-refractivity contribution in [1.82, 2.24) is 5.32 Å². The minimum Gasteiger partial charge on any atom is -0.374 e. The van der Waals surface area contributed by atoms with Crippen molar-refractivity contribution in [3.8, 4) is 0 Å². The van der Waals surface area contributed by atoms with Gasteiger partial charge < -0.3 is 10.1 Å². The molecule has 0 bridgehead atoms. The summed E-state index contributed by atoms with van der Waals surface area (Å²) in [6, 6.07) is 0.483. The van der Waals surface area contributed by atoms with Crippen molar-refractivity contribution in [1.29, 1.82) is 0 Å². The predicted molar refractivity (Wildman–Crippen MR) is 76.5 cm³/mol. The number of ether oxygens (including phenoxy) is 1. The maximum atomic E-state index is 6.08. The minimum atomic E-state index is 0.0283. The molecule has 0 spiro atoms. The van der Waals surface area contributed by atoms with Gasteiger partial charge in [0.15, 0.2) is 0 Å². The Morgan fingerprint density at radius 1 is 1.06 bits per heavy atom. The molecular weight excluding hydrogens is 210 g/mol. The molecule has 2 heteroatoms. The van der Waals surface area contributed by atoms with Crippen LogP contribution in [-0.2, 0) is 4.74 Å². The lowest BCUT2D eigenvalue weighted by Gasteiger charge is -2.39. The second kappa shape index (κ2) is 8.93. The standard InChI is InChI=1S/C15H33NO/c1-7-15(8-2,17-9-3)14(16-6)12-10-11-13(4)5/h13-14,16H,7-12H2,1-6H3. The van der Waals surface area contributed by atoms with Gasteiger partial charge in [0, 0.05) is 12.6 Å². The van der Waals surface area contributed by atoms with E-state index in [1.54, 1.807) is 0 Å². The summed E-state index contributed by atoms with van der Waals surface area (Å²) >= 11 is 0. The molecule has 0 heterocycles. The van der Waals surface area contributed by atoms with Crippen LogP contribution in [0.1, 0.15) is 66.7 Å². The smallest absolute Gasteiger partial charge is 0.0829 e. The number of nitrogens with one attached hydrogen (secondary N) is 1. The molecule has 1 unspecified atom stereocenters. The van der Waals surface area contributed by atoms with E-state index in [1.807, 2.05) is 0 Å². The van der Waals surface area contributed by atoms with Gasteiger partial charge in [0.05, 0.1) is 5.60 Å². The van der Waals surface area contributed by atoms with Gasteiger partial charge in [0.2, 0.25) is 0 Å². The summed E-state index contributed by atoms with van der Waals surface area (Å²) in [4.78, 5) is 0. The molecule has 0 aliphatic rings. The summed E-state index contributed by atoms with van der Waals surface area (Å²) in [6.07, 6.45) is 6.00. The van der Waals surface area contributed by atoms with E-state index < -0.39 is 0 Å². The third-order valence-electron chi connectivity index (χ3n) is 3.89. The van der Waals surface area contributed by atoms with E-state index in [-0.39, 0.29) is 5.60 Å². The molecule has 0 fully saturated rings. The molecule has 0 amide bonds. The highest BCUT2D eigenvalue weighted by atomic mass is 16.5. The molecule has 2 nitrogen and oxygen atoms in total. The number of hydrogen-bond donors (Lipinski definition) is 1. The molecule has 17 heavy (non-hydrogen) atoms. The Bertz CT molecular complexity index is 176. The molecule has 0 saturated carbocycles. The molecule has 0 radical (unpaired) electrons. The van der Waals surface area contributed by atoms with Crippen LogP contribution in [0, 0.1) is 5.92 Å². The maximum Gasteiger partial charge on any atom is 0.0829 e. The summed E-state index contributed by atoms with van der Waals surface area (Å²) < 4.78 is 6.08. The molecule has 1 N–H and O–H groups in total.